The molecule has 14 heavy (non-hydrogen) atoms. The van der Waals surface area contributed by atoms with Gasteiger partial charge in [0, 0.05) is 11.3 Å². The molecule has 1 aliphatic heterocycles. The lowest BCUT2D eigenvalue weighted by molar-refractivity contribution is 0.101. The molecule has 0 saturated heterocycles. The minimum atomic E-state index is 0.190. The van der Waals surface area contributed by atoms with Crippen LogP contribution in [0.25, 0.3) is 0 Å². The molecule has 0 bridgehead atoms. The van der Waals surface area contributed by atoms with Crippen LogP contribution in [-0.2, 0) is 0 Å². The quantitative estimate of drug-likeness (QED) is 0.675. The van der Waals surface area contributed by atoms with Crippen LogP contribution >= 0.6 is 0 Å². The van der Waals surface area contributed by atoms with Crippen molar-refractivity contribution in [2.75, 3.05) is 33.0 Å². The Morgan fingerprint density at radius 2 is 1.79 bits per heavy atom. The Hall–Kier alpha value is -1.35. The van der Waals surface area contributed by atoms with Crippen molar-refractivity contribution in [3.05, 3.63) is 29.8 Å². The van der Waals surface area contributed by atoms with Gasteiger partial charge in [-0.25, -0.2) is 0 Å². The molecule has 0 amide bonds. The lowest BCUT2D eigenvalue weighted by atomic mass is 10.1. The van der Waals surface area contributed by atoms with Crippen LogP contribution in [0.2, 0.25) is 0 Å². The van der Waals surface area contributed by atoms with Crippen molar-refractivity contribution >= 4 is 11.5 Å². The minimum Gasteiger partial charge on any atom is -0.377 e. The zero-order valence-corrected chi connectivity index (χ0v) is 8.87. The molecule has 1 aromatic rings. The van der Waals surface area contributed by atoms with Crippen LogP contribution in [0.4, 0.5) is 5.69 Å². The topological polar surface area (TPSA) is 32.3 Å². The van der Waals surface area contributed by atoms with Crippen LogP contribution in [0, 0.1) is 0 Å². The third kappa shape index (κ3) is 2.85. The molecule has 0 aliphatic carbocycles. The third-order valence-electron chi connectivity index (χ3n) is 1.67. The summed E-state index contributed by atoms with van der Waals surface area (Å²) in [6.07, 6.45) is 0. The van der Waals surface area contributed by atoms with Gasteiger partial charge in [-0.15, -0.1) is 0 Å². The van der Waals surface area contributed by atoms with Gasteiger partial charge in [0.1, 0.15) is 0 Å². The second-order valence-corrected chi connectivity index (χ2v) is 3.66. The van der Waals surface area contributed by atoms with Gasteiger partial charge < -0.3 is 10.2 Å². The molecule has 1 N–H and O–H groups in total. The first-order valence-corrected chi connectivity index (χ1v) is 4.58. The van der Waals surface area contributed by atoms with E-state index in [1.54, 1.807) is 0 Å². The van der Waals surface area contributed by atoms with E-state index in [0.29, 0.717) is 6.54 Å². The standard InChI is InChI=1S/C8H7NO.C3H9N/c10-8-5-9-7-4-2-1-3-6(7)8;1-4(2)3/h1-4,9H,5H2;1-3H3. The second kappa shape index (κ2) is 4.77. The number of nitrogens with one attached hydrogen (secondary N) is 1. The summed E-state index contributed by atoms with van der Waals surface area (Å²) in [6, 6.07) is 7.56. The zero-order valence-electron chi connectivity index (χ0n) is 8.87. The average Bonchev–Trinajstić information content (AvgIpc) is 2.48. The summed E-state index contributed by atoms with van der Waals surface area (Å²) in [6.45, 7) is 0.458. The van der Waals surface area contributed by atoms with E-state index < -0.39 is 0 Å². The van der Waals surface area contributed by atoms with Crippen molar-refractivity contribution in [3.8, 4) is 0 Å². The molecule has 0 unspecified atom stereocenters. The number of ketones is 1. The van der Waals surface area contributed by atoms with Gasteiger partial charge in [0.15, 0.2) is 5.78 Å². The van der Waals surface area contributed by atoms with E-state index in [1.165, 1.54) is 0 Å². The van der Waals surface area contributed by atoms with Gasteiger partial charge in [0.05, 0.1) is 6.54 Å². The Bertz CT molecular complexity index is 318. The SMILES string of the molecule is CN(C)C.O=C1CNc2ccccc21. The molecule has 1 heterocycles. The highest BCUT2D eigenvalue weighted by Gasteiger charge is 2.16. The summed E-state index contributed by atoms with van der Waals surface area (Å²) in [5.41, 5.74) is 1.79. The molecule has 0 radical (unpaired) electrons. The summed E-state index contributed by atoms with van der Waals surface area (Å²) in [4.78, 5) is 13.0. The maximum atomic E-state index is 11.0. The maximum Gasteiger partial charge on any atom is 0.183 e. The van der Waals surface area contributed by atoms with Crippen LogP contribution < -0.4 is 5.32 Å². The number of carbonyl (C=O) groups is 1. The van der Waals surface area contributed by atoms with E-state index in [9.17, 15) is 4.79 Å². The number of anilines is 1. The fraction of sp³-hybridized carbons (Fsp3) is 0.364. The molecule has 3 heteroatoms. The number of hydrogen-bond acceptors (Lipinski definition) is 3. The van der Waals surface area contributed by atoms with Crippen molar-refractivity contribution in [1.29, 1.82) is 0 Å². The van der Waals surface area contributed by atoms with E-state index >= 15 is 0 Å². The summed E-state index contributed by atoms with van der Waals surface area (Å²) in [5.74, 6) is 0.190. The van der Waals surface area contributed by atoms with Gasteiger partial charge in [-0.05, 0) is 33.3 Å². The van der Waals surface area contributed by atoms with Crippen molar-refractivity contribution in [1.82, 2.24) is 4.90 Å². The van der Waals surface area contributed by atoms with Crippen LogP contribution in [-0.4, -0.2) is 38.4 Å². The van der Waals surface area contributed by atoms with Crippen LogP contribution in [0.5, 0.6) is 0 Å². The summed E-state index contributed by atoms with van der Waals surface area (Å²) >= 11 is 0. The highest BCUT2D eigenvalue weighted by molar-refractivity contribution is 6.07. The van der Waals surface area contributed by atoms with E-state index in [-0.39, 0.29) is 5.78 Å². The molecule has 2 rings (SSSR count). The number of Topliss-reactive ketones (excluding diaryl/α,β-unsaturated/α-hetero) is 1. The van der Waals surface area contributed by atoms with Gasteiger partial charge in [-0.1, -0.05) is 12.1 Å². The molecular weight excluding hydrogens is 176 g/mol. The van der Waals surface area contributed by atoms with Crippen LogP contribution in [0.3, 0.4) is 0 Å². The van der Waals surface area contributed by atoms with Crippen molar-refractivity contribution in [2.24, 2.45) is 0 Å². The fourth-order valence-electron chi connectivity index (χ4n) is 1.15. The summed E-state index contributed by atoms with van der Waals surface area (Å²) < 4.78 is 0. The van der Waals surface area contributed by atoms with Crippen molar-refractivity contribution in [3.63, 3.8) is 0 Å². The smallest absolute Gasteiger partial charge is 0.183 e. The molecule has 0 aromatic heterocycles. The first-order chi connectivity index (χ1) is 6.61. The molecule has 76 valence electrons. The van der Waals surface area contributed by atoms with Gasteiger partial charge >= 0.3 is 0 Å². The molecule has 1 aliphatic rings. The van der Waals surface area contributed by atoms with E-state index in [4.69, 9.17) is 0 Å². The Kier molecular flexibility index (Phi) is 3.65. The Morgan fingerprint density at radius 3 is 2.36 bits per heavy atom. The second-order valence-electron chi connectivity index (χ2n) is 3.66. The number of carbonyl (C=O) groups excluding carboxylic acids is 1. The number of fused-ring (bicyclic) bond motifs is 1. The van der Waals surface area contributed by atoms with E-state index in [1.807, 2.05) is 50.3 Å². The minimum absolute atomic E-state index is 0.190. The number of hydrogen-bond donors (Lipinski definition) is 1. The first kappa shape index (κ1) is 10.7. The van der Waals surface area contributed by atoms with E-state index in [2.05, 4.69) is 5.32 Å². The highest BCUT2D eigenvalue weighted by atomic mass is 16.1. The fourth-order valence-corrected chi connectivity index (χ4v) is 1.15. The van der Waals surface area contributed by atoms with Gasteiger partial charge in [-0.2, -0.15) is 0 Å². The van der Waals surface area contributed by atoms with Crippen molar-refractivity contribution < 1.29 is 4.79 Å². The number of rotatable bonds is 0. The monoisotopic (exact) mass is 192 g/mol. The Balaban J connectivity index is 0.000000213. The average molecular weight is 192 g/mol. The normalized spacial score (nSPS) is 13.0. The molecule has 0 saturated carbocycles. The van der Waals surface area contributed by atoms with Crippen LogP contribution in [0.1, 0.15) is 10.4 Å². The van der Waals surface area contributed by atoms with Gasteiger partial charge in [-0.3, -0.25) is 4.79 Å². The Morgan fingerprint density at radius 1 is 1.21 bits per heavy atom. The molecule has 0 atom stereocenters. The van der Waals surface area contributed by atoms with Gasteiger partial charge in [0.2, 0.25) is 0 Å². The molecule has 1 aromatic carbocycles. The third-order valence-corrected chi connectivity index (χ3v) is 1.67. The Labute approximate surface area is 84.7 Å². The zero-order chi connectivity index (χ0) is 10.6. The van der Waals surface area contributed by atoms with E-state index in [0.717, 1.165) is 11.3 Å². The van der Waals surface area contributed by atoms with Gasteiger partial charge in [0.25, 0.3) is 0 Å². The predicted molar refractivity (Wildman–Crippen MR) is 58.9 cm³/mol. The maximum absolute atomic E-state index is 11.0. The first-order valence-electron chi connectivity index (χ1n) is 4.58. The van der Waals surface area contributed by atoms with Crippen LogP contribution in [0.15, 0.2) is 24.3 Å². The lowest BCUT2D eigenvalue weighted by Crippen LogP contribution is -2.00. The molecular formula is C11H16N2O. The largest absolute Gasteiger partial charge is 0.377 e. The molecule has 3 nitrogen and oxygen atoms in total. The molecule has 0 fully saturated rings. The number of nitrogens with zero attached hydrogens (tertiary/aromatic N) is 1. The summed E-state index contributed by atoms with van der Waals surface area (Å²) in [5, 5.41) is 3.00. The molecule has 0 spiro atoms. The van der Waals surface area contributed by atoms with Crippen molar-refractivity contribution in [2.45, 2.75) is 0 Å². The number of benzene rings is 1. The highest BCUT2D eigenvalue weighted by Crippen LogP contribution is 2.20. The number of para-hydroxylation sites is 1. The predicted octanol–water partition coefficient (Wildman–Crippen LogP) is 1.47. The summed E-state index contributed by atoms with van der Waals surface area (Å²) in [7, 11) is 6.00. The lowest BCUT2D eigenvalue weighted by Gasteiger charge is -1.92.